The van der Waals surface area contributed by atoms with E-state index in [1.165, 1.54) is 95.6 Å². The van der Waals surface area contributed by atoms with Gasteiger partial charge >= 0.3 is 0 Å². The number of phenolic OH excluding ortho intramolecular Hbond substituents is 1. The van der Waals surface area contributed by atoms with Gasteiger partial charge in [0, 0.05) is 46.9 Å². The molecule has 14 aliphatic carbocycles. The molecule has 0 aromatic heterocycles. The molecule has 60 heavy (non-hydrogen) atoms. The van der Waals surface area contributed by atoms with Crippen LogP contribution in [0, 0.1) is 46.3 Å². The van der Waals surface area contributed by atoms with Gasteiger partial charge in [0.1, 0.15) is 5.75 Å². The second-order valence-corrected chi connectivity index (χ2v) is 22.5. The van der Waals surface area contributed by atoms with Crippen molar-refractivity contribution in [3.05, 3.63) is 125 Å². The molecule has 0 bridgehead atoms. The van der Waals surface area contributed by atoms with Crippen LogP contribution in [0.25, 0.3) is 45.1 Å². The zero-order valence-electron chi connectivity index (χ0n) is 34.8. The van der Waals surface area contributed by atoms with Gasteiger partial charge in [0.15, 0.2) is 0 Å². The van der Waals surface area contributed by atoms with Crippen molar-refractivity contribution in [1.82, 2.24) is 0 Å². The van der Waals surface area contributed by atoms with E-state index in [1.54, 1.807) is 82.1 Å². The zero-order valence-corrected chi connectivity index (χ0v) is 34.8. The maximum atomic E-state index is 10.7. The van der Waals surface area contributed by atoms with Gasteiger partial charge in [0.2, 0.25) is 0 Å². The number of unbranched alkanes of at least 4 members (excludes halogenated alkanes) is 8. The monoisotopic (exact) mass is 777 g/mol. The van der Waals surface area contributed by atoms with Crippen molar-refractivity contribution in [3.63, 3.8) is 0 Å². The van der Waals surface area contributed by atoms with E-state index in [0.29, 0.717) is 47.3 Å². The zero-order chi connectivity index (χ0) is 38.4. The van der Waals surface area contributed by atoms with Crippen LogP contribution in [0.15, 0.2) is 76.4 Å². The van der Waals surface area contributed by atoms with Crippen molar-refractivity contribution < 1.29 is 5.11 Å². The van der Waals surface area contributed by atoms with Crippen LogP contribution < -0.4 is 25.8 Å². The maximum absolute atomic E-state index is 10.7. The third-order valence-corrected chi connectivity index (χ3v) is 20.7. The van der Waals surface area contributed by atoms with Gasteiger partial charge < -0.3 is 10.0 Å². The van der Waals surface area contributed by atoms with Crippen LogP contribution in [0.1, 0.15) is 124 Å². The molecule has 294 valence electrons. The van der Waals surface area contributed by atoms with Crippen LogP contribution in [-0.2, 0) is 6.42 Å². The Morgan fingerprint density at radius 3 is 2.42 bits per heavy atom. The van der Waals surface area contributed by atoms with Gasteiger partial charge in [-0.15, -0.1) is 0 Å². The number of rotatable bonds is 11. The van der Waals surface area contributed by atoms with Crippen LogP contribution >= 0.6 is 0 Å². The predicted molar refractivity (Wildman–Crippen MR) is 239 cm³/mol. The molecule has 10 unspecified atom stereocenters. The third kappa shape index (κ3) is 2.82. The molecule has 1 saturated heterocycles. The number of phenols is 1. The average molecular weight is 778 g/mol. The topological polar surface area (TPSA) is 23.5 Å². The molecular weight excluding hydrogens is 727 g/mol. The van der Waals surface area contributed by atoms with Crippen molar-refractivity contribution >= 4 is 39.6 Å². The second-order valence-electron chi connectivity index (χ2n) is 22.5. The van der Waals surface area contributed by atoms with Crippen molar-refractivity contribution in [2.75, 3.05) is 11.4 Å². The minimum atomic E-state index is -0.0412. The molecule has 18 rings (SSSR count). The Morgan fingerprint density at radius 1 is 0.717 bits per heavy atom. The van der Waals surface area contributed by atoms with E-state index in [1.807, 2.05) is 45.6 Å². The van der Waals surface area contributed by atoms with Gasteiger partial charge in [-0.05, 0) is 190 Å². The molecule has 10 atom stereocenters. The molecule has 0 amide bonds. The Morgan fingerprint density at radius 2 is 1.55 bits per heavy atom. The molecule has 1 heterocycles. The Kier molecular flexibility index (Phi) is 5.00. The van der Waals surface area contributed by atoms with Gasteiger partial charge in [0.25, 0.3) is 0 Å². The first-order valence-corrected chi connectivity index (χ1v) is 24.7. The van der Waals surface area contributed by atoms with Gasteiger partial charge in [-0.1, -0.05) is 101 Å². The predicted octanol–water partition coefficient (Wildman–Crippen LogP) is 9.39. The van der Waals surface area contributed by atoms with Gasteiger partial charge in [0.05, 0.1) is 0 Å². The van der Waals surface area contributed by atoms with E-state index >= 15 is 0 Å². The molecule has 3 aromatic carbocycles. The summed E-state index contributed by atoms with van der Waals surface area (Å²) in [6.07, 6.45) is 30.2. The molecule has 3 saturated carbocycles. The Bertz CT molecular complexity index is 3270. The minimum absolute atomic E-state index is 0.000450. The van der Waals surface area contributed by atoms with Crippen LogP contribution in [0.5, 0.6) is 5.75 Å². The van der Waals surface area contributed by atoms with Crippen molar-refractivity contribution in [1.29, 1.82) is 0 Å². The molecule has 0 radical (unpaired) electrons. The van der Waals surface area contributed by atoms with E-state index in [4.69, 9.17) is 0 Å². The number of nitrogens with zero attached hydrogens (tertiary/aromatic N) is 1. The molecule has 4 fully saturated rings. The summed E-state index contributed by atoms with van der Waals surface area (Å²) < 4.78 is 0. The van der Waals surface area contributed by atoms with Gasteiger partial charge in [-0.3, -0.25) is 0 Å². The maximum Gasteiger partial charge on any atom is 0.115 e. The first-order valence-electron chi connectivity index (χ1n) is 24.7. The van der Waals surface area contributed by atoms with Crippen LogP contribution in [0.2, 0.25) is 0 Å². The molecular formula is C58H51NO. The Balaban J connectivity index is 0.964. The highest BCUT2D eigenvalue weighted by Crippen LogP contribution is 2.82. The van der Waals surface area contributed by atoms with Crippen LogP contribution in [0.3, 0.4) is 0 Å². The summed E-state index contributed by atoms with van der Waals surface area (Å²) >= 11 is 0. The summed E-state index contributed by atoms with van der Waals surface area (Å²) in [5, 5.41) is 17.6. The van der Waals surface area contributed by atoms with E-state index in [9.17, 15) is 5.11 Å². The van der Waals surface area contributed by atoms with E-state index < -0.39 is 0 Å². The molecule has 3 aromatic rings. The number of hydrogen-bond acceptors (Lipinski definition) is 2. The molecule has 2 nitrogen and oxygen atoms in total. The highest BCUT2D eigenvalue weighted by atomic mass is 16.3. The smallest absolute Gasteiger partial charge is 0.115 e. The van der Waals surface area contributed by atoms with Crippen molar-refractivity contribution in [2.24, 2.45) is 46.3 Å². The lowest BCUT2D eigenvalue weighted by Crippen LogP contribution is -2.57. The number of hydrogen-bond donors (Lipinski definition) is 1. The number of allylic oxidation sites excluding steroid dienone is 9. The molecule has 15 aliphatic rings. The summed E-state index contributed by atoms with van der Waals surface area (Å²) in [5.74, 6) is 4.69. The standard InChI is InChI=1S/C58H51NO/c1-2-3-4-5-6-7-8-9-10-11-37-58-34-23-32-21-29-17-27-19-30-18-26-16-28-20-31-22-33(24-34)57(58,25-59(37)35-12-14-36(60)15-13-35)55-43(31)47-40(28)38(26)45-42(30)46-39(27)41(29)48-44(32)56(58)54-52(48)50(46)49(45)51(47)53(54)55/h12-15,18,20-23,27-28,30,34,37,39-40,42,60H,2-11,16-17,19,24-25H2,1H3. The fourth-order valence-electron chi connectivity index (χ4n) is 19.6. The quantitative estimate of drug-likeness (QED) is 0.196. The summed E-state index contributed by atoms with van der Waals surface area (Å²) in [6, 6.07) is 11.7. The lowest BCUT2D eigenvalue weighted by Gasteiger charge is -2.53. The summed E-state index contributed by atoms with van der Waals surface area (Å²) in [7, 11) is 0. The van der Waals surface area contributed by atoms with Crippen molar-refractivity contribution in [3.8, 4) is 16.9 Å². The summed E-state index contributed by atoms with van der Waals surface area (Å²) in [5.41, 5.74) is 31.5. The SMILES string of the molecule is CCCCCCCCCCCC1N(c2ccc(O)cc2)CC23C4=CC5=CC6CC7=CC8CC9Cc%10cc%11c%12c%13c%10C9C9=c%10c%14c%15c(c(c%10-%13)C=%12C12C(C=%11)C4)=C3C5=C%15C6C7=C%14C98. The Labute approximate surface area is 351 Å². The average Bonchev–Trinajstić information content (AvgIpc) is 4.10. The second kappa shape index (κ2) is 9.57. The first kappa shape index (κ1) is 31.3. The normalized spacial score (nSPS) is 37.1. The van der Waals surface area contributed by atoms with Crippen molar-refractivity contribution in [2.45, 2.75) is 109 Å². The summed E-state index contributed by atoms with van der Waals surface area (Å²) in [6.45, 7) is 3.40. The highest BCUT2D eigenvalue weighted by molar-refractivity contribution is 6.18. The molecule has 2 heteroatoms. The third-order valence-electron chi connectivity index (χ3n) is 20.7. The Hall–Kier alpha value is -4.56. The van der Waals surface area contributed by atoms with Crippen LogP contribution in [0.4, 0.5) is 5.69 Å². The van der Waals surface area contributed by atoms with Gasteiger partial charge in [-0.2, -0.15) is 0 Å². The minimum Gasteiger partial charge on any atom is -0.508 e. The molecule has 2 spiro atoms. The largest absolute Gasteiger partial charge is 0.508 e. The fraction of sp³-hybridized carbons (Fsp3) is 0.448. The lowest BCUT2D eigenvalue weighted by atomic mass is 9.47. The van der Waals surface area contributed by atoms with E-state index in [-0.39, 0.29) is 10.8 Å². The highest BCUT2D eigenvalue weighted by Gasteiger charge is 2.78. The number of anilines is 1. The molecule has 1 N–H and O–H groups in total. The fourth-order valence-corrected chi connectivity index (χ4v) is 19.6. The first-order chi connectivity index (χ1) is 29.6. The number of aromatic hydroxyl groups is 1. The molecule has 1 aliphatic heterocycles. The van der Waals surface area contributed by atoms with Crippen LogP contribution in [-0.4, -0.2) is 17.7 Å². The van der Waals surface area contributed by atoms with E-state index in [0.717, 1.165) is 12.5 Å². The lowest BCUT2D eigenvalue weighted by molar-refractivity contribution is 0.213. The van der Waals surface area contributed by atoms with Gasteiger partial charge in [-0.25, -0.2) is 0 Å². The number of benzene rings is 3. The summed E-state index contributed by atoms with van der Waals surface area (Å²) in [4.78, 5) is 2.95. The van der Waals surface area contributed by atoms with E-state index in [2.05, 4.69) is 54.3 Å².